The van der Waals surface area contributed by atoms with Crippen molar-refractivity contribution in [1.82, 2.24) is 14.8 Å². The fraction of sp³-hybridized carbons (Fsp3) is 0.300. The summed E-state index contributed by atoms with van der Waals surface area (Å²) >= 11 is 1.15. The molecule has 0 aliphatic heterocycles. The molecule has 0 spiro atoms. The zero-order chi connectivity index (χ0) is 27.7. The molecular weight excluding hydrogens is 529 g/mol. The molecule has 2 atom stereocenters. The summed E-state index contributed by atoms with van der Waals surface area (Å²) in [5.74, 6) is 0.508. The molecule has 0 saturated heterocycles. The van der Waals surface area contributed by atoms with Gasteiger partial charge in [0.2, 0.25) is 0 Å². The van der Waals surface area contributed by atoms with E-state index in [2.05, 4.69) is 36.4 Å². The predicted molar refractivity (Wildman–Crippen MR) is 156 cm³/mol. The monoisotopic (exact) mass is 563 g/mol. The Labute approximate surface area is 234 Å². The van der Waals surface area contributed by atoms with Crippen molar-refractivity contribution in [3.8, 4) is 0 Å². The van der Waals surface area contributed by atoms with Gasteiger partial charge >= 0.3 is 7.60 Å². The molecular formula is C30H34N3O4PS. The third-order valence-electron chi connectivity index (χ3n) is 6.41. The van der Waals surface area contributed by atoms with Crippen molar-refractivity contribution in [1.29, 1.82) is 0 Å². The summed E-state index contributed by atoms with van der Waals surface area (Å²) in [5, 5.41) is 4.58. The summed E-state index contributed by atoms with van der Waals surface area (Å²) in [5.41, 5.74) is 2.28. The minimum atomic E-state index is -3.16. The third kappa shape index (κ3) is 6.59. The molecule has 0 bridgehead atoms. The second-order valence-corrected chi connectivity index (χ2v) is 12.7. The van der Waals surface area contributed by atoms with Gasteiger partial charge in [0.1, 0.15) is 11.9 Å². The fourth-order valence-electron chi connectivity index (χ4n) is 4.68. The number of nitrogens with zero attached hydrogens (tertiary/aromatic N) is 3. The summed E-state index contributed by atoms with van der Waals surface area (Å²) in [6, 6.07) is 30.6. The number of rotatable bonds is 13. The molecule has 4 aromatic rings. The lowest BCUT2D eigenvalue weighted by atomic mass is 9.77. The summed E-state index contributed by atoms with van der Waals surface area (Å²) < 4.78 is 25.7. The van der Waals surface area contributed by atoms with E-state index in [4.69, 9.17) is 19.1 Å². The number of benzene rings is 3. The van der Waals surface area contributed by atoms with E-state index < -0.39 is 13.1 Å². The van der Waals surface area contributed by atoms with E-state index >= 15 is 0 Å². The molecule has 0 amide bonds. The first-order valence-electron chi connectivity index (χ1n) is 13.1. The van der Waals surface area contributed by atoms with Crippen LogP contribution in [0.15, 0.2) is 97.3 Å². The molecule has 0 N–H and O–H groups in total. The van der Waals surface area contributed by atoms with E-state index in [1.165, 1.54) is 6.92 Å². The topological polar surface area (TPSA) is 83.3 Å². The maximum atomic E-state index is 12.8. The number of carbonyl (C=O) groups excluding carboxylic acids is 1. The highest BCUT2D eigenvalue weighted by Crippen LogP contribution is 2.48. The number of hydrogen-bond donors (Lipinski definition) is 0. The highest BCUT2D eigenvalue weighted by Gasteiger charge is 2.40. The van der Waals surface area contributed by atoms with Crippen LogP contribution in [0.3, 0.4) is 0 Å². The zero-order valence-corrected chi connectivity index (χ0v) is 24.2. The summed E-state index contributed by atoms with van der Waals surface area (Å²) in [4.78, 5) is 16.9. The lowest BCUT2D eigenvalue weighted by Gasteiger charge is -2.36. The van der Waals surface area contributed by atoms with Crippen LogP contribution >= 0.6 is 19.4 Å². The van der Waals surface area contributed by atoms with Crippen LogP contribution < -0.4 is 0 Å². The van der Waals surface area contributed by atoms with Crippen LogP contribution in [-0.4, -0.2) is 39.3 Å². The molecule has 4 rings (SSSR count). The average molecular weight is 564 g/mol. The van der Waals surface area contributed by atoms with Crippen LogP contribution in [0.25, 0.3) is 0 Å². The van der Waals surface area contributed by atoms with E-state index in [9.17, 15) is 9.36 Å². The highest BCUT2D eigenvalue weighted by atomic mass is 32.2. The lowest BCUT2D eigenvalue weighted by molar-refractivity contribution is -0.109. The Bertz CT molecular complexity index is 1290. The van der Waals surface area contributed by atoms with Crippen molar-refractivity contribution < 1.29 is 18.4 Å². The van der Waals surface area contributed by atoms with Crippen molar-refractivity contribution in [3.05, 3.63) is 120 Å². The van der Waals surface area contributed by atoms with E-state index in [-0.39, 0.29) is 23.1 Å². The first-order chi connectivity index (χ1) is 18.9. The van der Waals surface area contributed by atoms with Crippen LogP contribution in [0, 0.1) is 0 Å². The predicted octanol–water partition coefficient (Wildman–Crippen LogP) is 7.10. The van der Waals surface area contributed by atoms with Crippen LogP contribution in [0.2, 0.25) is 0 Å². The van der Waals surface area contributed by atoms with E-state index in [1.807, 2.05) is 59.3 Å². The molecule has 204 valence electrons. The van der Waals surface area contributed by atoms with Gasteiger partial charge in [-0.1, -0.05) is 110 Å². The molecule has 7 nitrogen and oxygen atoms in total. The Balaban J connectivity index is 1.79. The summed E-state index contributed by atoms with van der Waals surface area (Å²) in [7, 11) is -3.16. The van der Waals surface area contributed by atoms with Gasteiger partial charge < -0.3 is 9.05 Å². The minimum absolute atomic E-state index is 0.0553. The quantitative estimate of drug-likeness (QED) is 0.127. The van der Waals surface area contributed by atoms with Gasteiger partial charge in [0.05, 0.1) is 18.5 Å². The molecule has 9 heteroatoms. The number of hydrogen-bond acceptors (Lipinski definition) is 7. The largest absolute Gasteiger partial charge is 0.330 e. The van der Waals surface area contributed by atoms with E-state index in [0.717, 1.165) is 28.5 Å². The number of thioether (sulfide) groups is 1. The van der Waals surface area contributed by atoms with Crippen molar-refractivity contribution in [2.24, 2.45) is 0 Å². The van der Waals surface area contributed by atoms with Gasteiger partial charge in [0.15, 0.2) is 10.9 Å². The van der Waals surface area contributed by atoms with Gasteiger partial charge in [-0.05, 0) is 30.0 Å². The first-order valence-corrected chi connectivity index (χ1v) is 15.7. The van der Waals surface area contributed by atoms with Crippen LogP contribution in [0.5, 0.6) is 0 Å². The van der Waals surface area contributed by atoms with Crippen molar-refractivity contribution >= 4 is 24.5 Å². The second kappa shape index (κ2) is 13.4. The number of aromatic nitrogens is 3. The average Bonchev–Trinajstić information content (AvgIpc) is 3.45. The fourth-order valence-corrected chi connectivity index (χ4v) is 6.72. The molecule has 39 heavy (non-hydrogen) atoms. The Hall–Kier alpha value is -3.03. The Morgan fingerprint density at radius 2 is 1.41 bits per heavy atom. The summed E-state index contributed by atoms with van der Waals surface area (Å²) in [6.07, 6.45) is 2.42. The molecule has 3 aromatic carbocycles. The van der Waals surface area contributed by atoms with Crippen LogP contribution in [0.1, 0.15) is 55.0 Å². The Morgan fingerprint density at radius 1 is 0.897 bits per heavy atom. The van der Waals surface area contributed by atoms with Gasteiger partial charge in [-0.2, -0.15) is 5.10 Å². The van der Waals surface area contributed by atoms with Gasteiger partial charge in [-0.25, -0.2) is 9.67 Å². The SMILES string of the molecule is CCOP(=O)(CC)OCCC(SC(C)=O)c1ncn(C(c2ccccc2)(c2ccccc2)c2ccccc2)n1. The minimum Gasteiger partial charge on any atom is -0.309 e. The molecule has 0 saturated carbocycles. The Morgan fingerprint density at radius 3 is 1.85 bits per heavy atom. The van der Waals surface area contributed by atoms with Gasteiger partial charge in [-0.3, -0.25) is 9.36 Å². The molecule has 0 fully saturated rings. The van der Waals surface area contributed by atoms with Crippen molar-refractivity contribution in [2.45, 2.75) is 38.0 Å². The maximum absolute atomic E-state index is 12.8. The molecule has 0 aliphatic carbocycles. The molecule has 0 aliphatic rings. The van der Waals surface area contributed by atoms with Gasteiger partial charge in [0.25, 0.3) is 0 Å². The van der Waals surface area contributed by atoms with Crippen molar-refractivity contribution in [3.63, 3.8) is 0 Å². The van der Waals surface area contributed by atoms with Crippen LogP contribution in [-0.2, 0) is 23.9 Å². The zero-order valence-electron chi connectivity index (χ0n) is 22.5. The normalized spacial score (nSPS) is 14.0. The first kappa shape index (κ1) is 29.0. The molecule has 1 heterocycles. The lowest BCUT2D eigenvalue weighted by Crippen LogP contribution is -2.38. The van der Waals surface area contributed by atoms with Crippen LogP contribution in [0.4, 0.5) is 0 Å². The van der Waals surface area contributed by atoms with Gasteiger partial charge in [0, 0.05) is 13.1 Å². The standard InChI is InChI=1S/C30H34N3O4PS/c1-4-36-38(35,5-2)37-22-21-28(39-24(3)34)29-31-23-33(32-29)30(25-15-9-6-10-16-25,26-17-11-7-12-18-26)27-19-13-8-14-20-27/h6-20,23,28H,4-5,21-22H2,1-3H3. The van der Waals surface area contributed by atoms with Crippen molar-refractivity contribution in [2.75, 3.05) is 19.4 Å². The summed E-state index contributed by atoms with van der Waals surface area (Å²) in [6.45, 7) is 5.55. The molecule has 0 radical (unpaired) electrons. The van der Waals surface area contributed by atoms with E-state index in [1.54, 1.807) is 20.2 Å². The molecule has 2 unspecified atom stereocenters. The Kier molecular flexibility index (Phi) is 9.92. The number of carbonyl (C=O) groups is 1. The third-order valence-corrected chi connectivity index (χ3v) is 9.47. The van der Waals surface area contributed by atoms with E-state index in [0.29, 0.717) is 18.9 Å². The second-order valence-electron chi connectivity index (χ2n) is 8.92. The molecule has 1 aromatic heterocycles. The highest BCUT2D eigenvalue weighted by molar-refractivity contribution is 8.13. The maximum Gasteiger partial charge on any atom is 0.330 e. The smallest absolute Gasteiger partial charge is 0.309 e. The van der Waals surface area contributed by atoms with Gasteiger partial charge in [-0.15, -0.1) is 0 Å².